The van der Waals surface area contributed by atoms with Crippen molar-refractivity contribution in [2.24, 2.45) is 0 Å². The number of carboxylic acids is 1. The Labute approximate surface area is 126 Å². The maximum atomic E-state index is 14.2. The molecule has 0 heterocycles. The molecule has 1 saturated carbocycles. The van der Waals surface area contributed by atoms with Gasteiger partial charge in [0.25, 0.3) is 0 Å². The molecule has 0 saturated heterocycles. The predicted molar refractivity (Wildman–Crippen MR) is 75.5 cm³/mol. The van der Waals surface area contributed by atoms with Crippen LogP contribution in [0.5, 0.6) is 0 Å². The fourth-order valence-corrected chi connectivity index (χ4v) is 4.02. The van der Waals surface area contributed by atoms with E-state index in [1.54, 1.807) is 0 Å². The Morgan fingerprint density at radius 1 is 1.52 bits per heavy atom. The summed E-state index contributed by atoms with van der Waals surface area (Å²) in [4.78, 5) is 10.3. The van der Waals surface area contributed by atoms with Crippen molar-refractivity contribution in [3.63, 3.8) is 0 Å². The van der Waals surface area contributed by atoms with Gasteiger partial charge in [-0.1, -0.05) is 17.7 Å². The Hall–Kier alpha value is -1.44. The number of hydrogen-bond donors (Lipinski definition) is 1. The molecule has 1 aromatic rings. The lowest BCUT2D eigenvalue weighted by molar-refractivity contribution is 0.0691. The molecule has 0 spiro atoms. The molecule has 8 heteroatoms. The van der Waals surface area contributed by atoms with Gasteiger partial charge in [-0.3, -0.25) is 0 Å². The highest BCUT2D eigenvalue weighted by molar-refractivity contribution is 7.89. The number of sulfonamides is 1. The number of benzene rings is 1. The molecule has 1 fully saturated rings. The maximum Gasteiger partial charge on any atom is 0.338 e. The smallest absolute Gasteiger partial charge is 0.338 e. The van der Waals surface area contributed by atoms with E-state index in [-0.39, 0.29) is 17.6 Å². The Bertz CT molecular complexity index is 700. The molecule has 0 amide bonds. The number of aromatic carboxylic acids is 1. The van der Waals surface area contributed by atoms with Gasteiger partial charge in [0.05, 0.1) is 5.56 Å². The molecule has 1 aromatic carbocycles. The monoisotopic (exact) mass is 333 g/mol. The van der Waals surface area contributed by atoms with Gasteiger partial charge in [0, 0.05) is 17.6 Å². The van der Waals surface area contributed by atoms with Gasteiger partial charge < -0.3 is 5.11 Å². The van der Waals surface area contributed by atoms with E-state index in [2.05, 4.69) is 6.58 Å². The first-order valence-corrected chi connectivity index (χ1v) is 7.96. The highest BCUT2D eigenvalue weighted by Gasteiger charge is 2.39. The Balaban J connectivity index is 2.58. The molecule has 0 unspecified atom stereocenters. The van der Waals surface area contributed by atoms with Crippen molar-refractivity contribution in [1.82, 2.24) is 4.31 Å². The van der Waals surface area contributed by atoms with E-state index >= 15 is 0 Å². The van der Waals surface area contributed by atoms with Crippen LogP contribution in [0.15, 0.2) is 29.7 Å². The van der Waals surface area contributed by atoms with Crippen LogP contribution in [-0.2, 0) is 10.0 Å². The molecule has 0 aliphatic heterocycles. The molecule has 0 atom stereocenters. The number of hydrogen-bond acceptors (Lipinski definition) is 3. The van der Waals surface area contributed by atoms with Crippen LogP contribution in [0.2, 0.25) is 5.02 Å². The summed E-state index contributed by atoms with van der Waals surface area (Å²) in [6, 6.07) is 1.60. The topological polar surface area (TPSA) is 74.7 Å². The second-order valence-electron chi connectivity index (χ2n) is 4.67. The van der Waals surface area contributed by atoms with Gasteiger partial charge >= 0.3 is 5.97 Å². The standard InChI is InChI=1S/C13H13ClFNO4S/c1-2-5-16(9-3-4-9)21(19,20)11-7-8(14)6-10(12(11)15)13(17)18/h2,6-7,9H,1,3-5H2,(H,17,18). The first-order valence-electron chi connectivity index (χ1n) is 6.14. The molecule has 5 nitrogen and oxygen atoms in total. The lowest BCUT2D eigenvalue weighted by atomic mass is 10.2. The number of rotatable bonds is 6. The fourth-order valence-electron chi connectivity index (χ4n) is 1.97. The summed E-state index contributed by atoms with van der Waals surface area (Å²) in [5.41, 5.74) is -0.768. The average Bonchev–Trinajstić information content (AvgIpc) is 3.21. The number of carbonyl (C=O) groups is 1. The molecule has 0 radical (unpaired) electrons. The van der Waals surface area contributed by atoms with Crippen LogP contribution in [-0.4, -0.2) is 36.4 Å². The van der Waals surface area contributed by atoms with Crippen LogP contribution >= 0.6 is 11.6 Å². The van der Waals surface area contributed by atoms with Crippen molar-refractivity contribution in [2.45, 2.75) is 23.8 Å². The highest BCUT2D eigenvalue weighted by Crippen LogP contribution is 2.34. The molecule has 0 bridgehead atoms. The van der Waals surface area contributed by atoms with Crippen molar-refractivity contribution in [1.29, 1.82) is 0 Å². The van der Waals surface area contributed by atoms with Crippen molar-refractivity contribution in [3.8, 4) is 0 Å². The number of halogens is 2. The van der Waals surface area contributed by atoms with E-state index in [1.807, 2.05) is 0 Å². The van der Waals surface area contributed by atoms with Crippen LogP contribution < -0.4 is 0 Å². The van der Waals surface area contributed by atoms with Gasteiger partial charge in [-0.25, -0.2) is 17.6 Å². The normalized spacial score (nSPS) is 15.2. The zero-order valence-electron chi connectivity index (χ0n) is 10.9. The third-order valence-corrected chi connectivity index (χ3v) is 5.22. The van der Waals surface area contributed by atoms with Crippen molar-refractivity contribution < 1.29 is 22.7 Å². The summed E-state index contributed by atoms with van der Waals surface area (Å²) >= 11 is 5.72. The minimum absolute atomic E-state index is 0.0291. The van der Waals surface area contributed by atoms with Crippen molar-refractivity contribution in [3.05, 3.63) is 41.2 Å². The summed E-state index contributed by atoms with van der Waals surface area (Å²) in [6.45, 7) is 3.51. The lowest BCUT2D eigenvalue weighted by Gasteiger charge is -2.21. The van der Waals surface area contributed by atoms with Gasteiger partial charge in [-0.05, 0) is 25.0 Å². The van der Waals surface area contributed by atoms with E-state index in [4.69, 9.17) is 16.7 Å². The molecule has 1 aliphatic carbocycles. The molecular weight excluding hydrogens is 321 g/mol. The van der Waals surface area contributed by atoms with E-state index in [0.717, 1.165) is 16.4 Å². The van der Waals surface area contributed by atoms with E-state index in [9.17, 15) is 17.6 Å². The molecule has 21 heavy (non-hydrogen) atoms. The van der Waals surface area contributed by atoms with Crippen LogP contribution in [0.25, 0.3) is 0 Å². The van der Waals surface area contributed by atoms with Crippen LogP contribution in [0.4, 0.5) is 4.39 Å². The van der Waals surface area contributed by atoms with Gasteiger partial charge in [-0.2, -0.15) is 4.31 Å². The second kappa shape index (κ2) is 5.75. The zero-order chi connectivity index (χ0) is 15.8. The molecule has 1 aliphatic rings. The summed E-state index contributed by atoms with van der Waals surface area (Å²) in [5.74, 6) is -2.88. The van der Waals surface area contributed by atoms with Crippen molar-refractivity contribution in [2.75, 3.05) is 6.54 Å². The summed E-state index contributed by atoms with van der Waals surface area (Å²) < 4.78 is 40.4. The molecule has 114 valence electrons. The Morgan fingerprint density at radius 3 is 2.62 bits per heavy atom. The summed E-state index contributed by atoms with van der Waals surface area (Å²) in [6.07, 6.45) is 2.76. The zero-order valence-corrected chi connectivity index (χ0v) is 12.5. The average molecular weight is 334 g/mol. The van der Waals surface area contributed by atoms with Gasteiger partial charge in [0.15, 0.2) is 5.82 Å². The number of nitrogens with zero attached hydrogens (tertiary/aromatic N) is 1. The third kappa shape index (κ3) is 3.09. The lowest BCUT2D eigenvalue weighted by Crippen LogP contribution is -2.34. The molecule has 2 rings (SSSR count). The minimum Gasteiger partial charge on any atom is -0.478 e. The second-order valence-corrected chi connectivity index (χ2v) is 6.96. The first kappa shape index (κ1) is 15.9. The molecule has 0 aromatic heterocycles. The van der Waals surface area contributed by atoms with Crippen LogP contribution in [0.1, 0.15) is 23.2 Å². The van der Waals surface area contributed by atoms with Gasteiger partial charge in [0.2, 0.25) is 10.0 Å². The van der Waals surface area contributed by atoms with E-state index < -0.39 is 32.3 Å². The quantitative estimate of drug-likeness (QED) is 0.812. The fraction of sp³-hybridized carbons (Fsp3) is 0.308. The maximum absolute atomic E-state index is 14.2. The predicted octanol–water partition coefficient (Wildman–Crippen LogP) is 2.52. The van der Waals surface area contributed by atoms with Crippen LogP contribution in [0.3, 0.4) is 0 Å². The largest absolute Gasteiger partial charge is 0.478 e. The van der Waals surface area contributed by atoms with E-state index in [1.165, 1.54) is 6.08 Å². The number of carboxylic acid groups (broad SMARTS) is 1. The SMILES string of the molecule is C=CCN(C1CC1)S(=O)(=O)c1cc(Cl)cc(C(=O)O)c1F. The Kier molecular flexibility index (Phi) is 4.36. The Morgan fingerprint density at radius 2 is 2.14 bits per heavy atom. The van der Waals surface area contributed by atoms with Gasteiger partial charge in [-0.15, -0.1) is 6.58 Å². The summed E-state index contributed by atoms with van der Waals surface area (Å²) in [5, 5.41) is 8.77. The highest BCUT2D eigenvalue weighted by atomic mass is 35.5. The van der Waals surface area contributed by atoms with Crippen molar-refractivity contribution >= 4 is 27.6 Å². The minimum atomic E-state index is -4.17. The van der Waals surface area contributed by atoms with Crippen LogP contribution in [0, 0.1) is 5.82 Å². The molecule has 1 N–H and O–H groups in total. The van der Waals surface area contributed by atoms with E-state index in [0.29, 0.717) is 12.8 Å². The molecular formula is C13H13ClFNO4S. The first-order chi connectivity index (χ1) is 9.78. The summed E-state index contributed by atoms with van der Waals surface area (Å²) in [7, 11) is -4.17. The van der Waals surface area contributed by atoms with Gasteiger partial charge in [0.1, 0.15) is 4.90 Å². The third-order valence-electron chi connectivity index (χ3n) is 3.08.